The third-order valence-corrected chi connectivity index (χ3v) is 4.37. The number of imidazole rings is 1. The lowest BCUT2D eigenvalue weighted by Crippen LogP contribution is -2.26. The highest BCUT2D eigenvalue weighted by molar-refractivity contribution is 6.42. The third-order valence-electron chi connectivity index (χ3n) is 3.63. The molecule has 0 aliphatic rings. The van der Waals surface area contributed by atoms with Gasteiger partial charge in [-0.2, -0.15) is 8.78 Å². The molecule has 1 amide bonds. The summed E-state index contributed by atoms with van der Waals surface area (Å²) in [5.41, 5.74) is 0.665. The molecule has 1 N–H and O–H groups in total. The number of hydrogen-bond donors (Lipinski definition) is 1. The van der Waals surface area contributed by atoms with Gasteiger partial charge in [-0.05, 0) is 18.2 Å². The molecule has 0 spiro atoms. The minimum Gasteiger partial charge on any atom is -0.414 e. The Kier molecular flexibility index (Phi) is 5.71. The van der Waals surface area contributed by atoms with Gasteiger partial charge in [-0.15, -0.1) is 10.2 Å². The summed E-state index contributed by atoms with van der Waals surface area (Å²) in [5, 5.41) is 10.2. The van der Waals surface area contributed by atoms with Gasteiger partial charge in [0.2, 0.25) is 0 Å². The summed E-state index contributed by atoms with van der Waals surface area (Å²) in [7, 11) is 1.73. The highest BCUT2D eigenvalue weighted by atomic mass is 35.5. The van der Waals surface area contributed by atoms with Crippen molar-refractivity contribution in [2.75, 3.05) is 6.54 Å². The van der Waals surface area contributed by atoms with Crippen molar-refractivity contribution >= 4 is 29.1 Å². The second-order valence-corrected chi connectivity index (χ2v) is 6.35. The number of alkyl halides is 2. The molecule has 0 aliphatic heterocycles. The molecule has 0 saturated heterocycles. The maximum Gasteiger partial charge on any atom is 0.314 e. The highest BCUT2D eigenvalue weighted by Gasteiger charge is 2.19. The summed E-state index contributed by atoms with van der Waals surface area (Å²) in [6.07, 6.45) is -0.857. The summed E-state index contributed by atoms with van der Waals surface area (Å²) in [6, 6.07) is 4.59. The zero-order valence-electron chi connectivity index (χ0n) is 13.9. The molecular formula is C16H13Cl2F2N5O2. The number of halogens is 4. The molecule has 3 rings (SSSR count). The van der Waals surface area contributed by atoms with E-state index >= 15 is 0 Å². The Hall–Kier alpha value is -2.52. The fourth-order valence-corrected chi connectivity index (χ4v) is 2.59. The van der Waals surface area contributed by atoms with E-state index in [0.717, 1.165) is 0 Å². The molecule has 0 aliphatic carbocycles. The first-order valence-corrected chi connectivity index (χ1v) is 8.48. The minimum absolute atomic E-state index is 0.0907. The molecule has 0 atom stereocenters. The van der Waals surface area contributed by atoms with Gasteiger partial charge in [0.25, 0.3) is 17.7 Å². The Labute approximate surface area is 162 Å². The van der Waals surface area contributed by atoms with Gasteiger partial charge >= 0.3 is 6.43 Å². The van der Waals surface area contributed by atoms with E-state index in [4.69, 9.17) is 27.6 Å². The molecule has 0 fully saturated rings. The lowest BCUT2D eigenvalue weighted by Gasteiger charge is -2.06. The van der Waals surface area contributed by atoms with Crippen molar-refractivity contribution in [3.05, 3.63) is 51.7 Å². The van der Waals surface area contributed by atoms with Crippen molar-refractivity contribution in [1.82, 2.24) is 25.1 Å². The standard InChI is InChI=1S/C16H13Cl2F2N5O2/c1-25-7-11(15-23-24-16(27-15)13(19)20)22-12(25)4-5-21-14(26)8-2-3-9(17)10(18)6-8/h2-3,6-7,13H,4-5H2,1H3,(H,21,26). The topological polar surface area (TPSA) is 85.8 Å². The van der Waals surface area contributed by atoms with Crippen LogP contribution in [0.15, 0.2) is 28.8 Å². The normalized spacial score (nSPS) is 11.2. The molecule has 27 heavy (non-hydrogen) atoms. The van der Waals surface area contributed by atoms with Crippen LogP contribution in [0.5, 0.6) is 0 Å². The van der Waals surface area contributed by atoms with Gasteiger partial charge in [0.05, 0.1) is 10.0 Å². The summed E-state index contributed by atoms with van der Waals surface area (Å²) in [4.78, 5) is 16.4. The van der Waals surface area contributed by atoms with Crippen LogP contribution in [-0.4, -0.2) is 32.2 Å². The van der Waals surface area contributed by atoms with Gasteiger partial charge in [0, 0.05) is 31.8 Å². The monoisotopic (exact) mass is 415 g/mol. The van der Waals surface area contributed by atoms with Crippen LogP contribution in [-0.2, 0) is 13.5 Å². The van der Waals surface area contributed by atoms with Crippen molar-refractivity contribution in [1.29, 1.82) is 0 Å². The van der Waals surface area contributed by atoms with E-state index in [9.17, 15) is 13.6 Å². The fourth-order valence-electron chi connectivity index (χ4n) is 2.29. The molecular weight excluding hydrogens is 403 g/mol. The highest BCUT2D eigenvalue weighted by Crippen LogP contribution is 2.23. The molecule has 2 aromatic heterocycles. The van der Waals surface area contributed by atoms with Crippen LogP contribution in [0.4, 0.5) is 8.78 Å². The Balaban J connectivity index is 1.62. The molecule has 0 unspecified atom stereocenters. The predicted octanol–water partition coefficient (Wildman–Crippen LogP) is 3.69. The van der Waals surface area contributed by atoms with Crippen molar-refractivity contribution in [3.8, 4) is 11.6 Å². The number of nitrogens with zero attached hydrogens (tertiary/aromatic N) is 4. The van der Waals surface area contributed by atoms with E-state index < -0.39 is 12.3 Å². The van der Waals surface area contributed by atoms with E-state index in [2.05, 4.69) is 20.5 Å². The summed E-state index contributed by atoms with van der Waals surface area (Å²) in [6.45, 7) is 0.301. The first kappa shape index (κ1) is 19.2. The van der Waals surface area contributed by atoms with Gasteiger partial charge in [-0.1, -0.05) is 23.2 Å². The quantitative estimate of drug-likeness (QED) is 0.663. The minimum atomic E-state index is -2.84. The molecule has 2 heterocycles. The van der Waals surface area contributed by atoms with Crippen LogP contribution < -0.4 is 5.32 Å². The smallest absolute Gasteiger partial charge is 0.314 e. The van der Waals surface area contributed by atoms with E-state index in [-0.39, 0.29) is 17.5 Å². The summed E-state index contributed by atoms with van der Waals surface area (Å²) < 4.78 is 31.6. The Morgan fingerprint density at radius 3 is 2.74 bits per heavy atom. The zero-order valence-corrected chi connectivity index (χ0v) is 15.4. The lowest BCUT2D eigenvalue weighted by molar-refractivity contribution is 0.0954. The molecule has 3 aromatic rings. The first-order chi connectivity index (χ1) is 12.8. The van der Waals surface area contributed by atoms with E-state index in [0.29, 0.717) is 34.4 Å². The second kappa shape index (κ2) is 8.01. The van der Waals surface area contributed by atoms with Crippen molar-refractivity contribution in [2.45, 2.75) is 12.8 Å². The molecule has 0 radical (unpaired) electrons. The zero-order chi connectivity index (χ0) is 19.6. The number of aryl methyl sites for hydroxylation is 1. The van der Waals surface area contributed by atoms with Crippen LogP contribution in [0.1, 0.15) is 28.5 Å². The first-order valence-electron chi connectivity index (χ1n) is 7.72. The Morgan fingerprint density at radius 2 is 2.07 bits per heavy atom. The fraction of sp³-hybridized carbons (Fsp3) is 0.250. The van der Waals surface area contributed by atoms with Gasteiger partial charge in [0.15, 0.2) is 0 Å². The number of hydrogen-bond acceptors (Lipinski definition) is 5. The lowest BCUT2D eigenvalue weighted by atomic mass is 10.2. The average Bonchev–Trinajstić information content (AvgIpc) is 3.24. The number of carbonyl (C=O) groups excluding carboxylic acids is 1. The number of carbonyl (C=O) groups is 1. The molecule has 142 valence electrons. The van der Waals surface area contributed by atoms with Gasteiger partial charge in [-0.25, -0.2) is 4.98 Å². The number of aromatic nitrogens is 4. The van der Waals surface area contributed by atoms with Gasteiger partial charge in [-0.3, -0.25) is 4.79 Å². The van der Waals surface area contributed by atoms with E-state index in [1.807, 2.05) is 0 Å². The van der Waals surface area contributed by atoms with Crippen LogP contribution in [0.25, 0.3) is 11.6 Å². The number of benzene rings is 1. The largest absolute Gasteiger partial charge is 0.414 e. The number of nitrogens with one attached hydrogen (secondary N) is 1. The van der Waals surface area contributed by atoms with Crippen LogP contribution >= 0.6 is 23.2 Å². The summed E-state index contributed by atoms with van der Waals surface area (Å²) in [5.74, 6) is -0.546. The molecule has 11 heteroatoms. The Morgan fingerprint density at radius 1 is 1.30 bits per heavy atom. The van der Waals surface area contributed by atoms with Crippen molar-refractivity contribution in [3.63, 3.8) is 0 Å². The molecule has 0 saturated carbocycles. The van der Waals surface area contributed by atoms with Crippen molar-refractivity contribution < 1.29 is 18.0 Å². The SMILES string of the molecule is Cn1cc(-c2nnc(C(F)F)o2)nc1CCNC(=O)c1ccc(Cl)c(Cl)c1. The second-order valence-electron chi connectivity index (χ2n) is 5.53. The van der Waals surface area contributed by atoms with Gasteiger partial charge in [0.1, 0.15) is 11.5 Å². The number of rotatable bonds is 6. The van der Waals surface area contributed by atoms with Gasteiger partial charge < -0.3 is 14.3 Å². The van der Waals surface area contributed by atoms with Crippen LogP contribution in [0.2, 0.25) is 10.0 Å². The molecule has 1 aromatic carbocycles. The van der Waals surface area contributed by atoms with Crippen molar-refractivity contribution in [2.24, 2.45) is 7.05 Å². The average molecular weight is 416 g/mol. The maximum absolute atomic E-state index is 12.5. The van der Waals surface area contributed by atoms with Crippen LogP contribution in [0.3, 0.4) is 0 Å². The Bertz CT molecular complexity index is 974. The summed E-state index contributed by atoms with van der Waals surface area (Å²) >= 11 is 11.7. The predicted molar refractivity (Wildman–Crippen MR) is 94.0 cm³/mol. The van der Waals surface area contributed by atoms with Crippen LogP contribution in [0, 0.1) is 0 Å². The molecule has 0 bridgehead atoms. The van der Waals surface area contributed by atoms with E-state index in [1.54, 1.807) is 29.9 Å². The number of amides is 1. The van der Waals surface area contributed by atoms with E-state index in [1.165, 1.54) is 6.07 Å². The maximum atomic E-state index is 12.5. The molecule has 7 nitrogen and oxygen atoms in total. The third kappa shape index (κ3) is 4.42.